The van der Waals surface area contributed by atoms with E-state index < -0.39 is 17.1 Å². The van der Waals surface area contributed by atoms with Crippen LogP contribution in [0.1, 0.15) is 32.8 Å². The number of carbonyl (C=O) groups excluding carboxylic acids is 2. The van der Waals surface area contributed by atoms with Crippen molar-refractivity contribution < 1.29 is 14.3 Å². The smallest absolute Gasteiger partial charge is 0.407 e. The normalized spacial score (nSPS) is 24.9. The number of carbonyl (C=O) groups is 2. The van der Waals surface area contributed by atoms with E-state index in [-0.39, 0.29) is 5.92 Å². The summed E-state index contributed by atoms with van der Waals surface area (Å²) >= 11 is 0. The Bertz CT molecular complexity index is 492. The molecule has 0 heterocycles. The minimum absolute atomic E-state index is 0.148. The maximum Gasteiger partial charge on any atom is 0.407 e. The second kappa shape index (κ2) is 5.27. The van der Waals surface area contributed by atoms with Crippen molar-refractivity contribution >= 4 is 12.4 Å². The van der Waals surface area contributed by atoms with Gasteiger partial charge in [0.1, 0.15) is 11.9 Å². The van der Waals surface area contributed by atoms with Crippen LogP contribution in [0.4, 0.5) is 4.79 Å². The molecule has 1 aliphatic carbocycles. The van der Waals surface area contributed by atoms with E-state index in [9.17, 15) is 9.59 Å². The van der Waals surface area contributed by atoms with Gasteiger partial charge in [0.2, 0.25) is 0 Å². The molecule has 2 atom stereocenters. The van der Waals surface area contributed by atoms with Crippen molar-refractivity contribution in [3.05, 3.63) is 35.9 Å². The zero-order valence-corrected chi connectivity index (χ0v) is 12.2. The molecule has 1 aromatic carbocycles. The van der Waals surface area contributed by atoms with E-state index in [1.54, 1.807) is 0 Å². The predicted octanol–water partition coefficient (Wildman–Crippen LogP) is 2.67. The number of benzene rings is 1. The van der Waals surface area contributed by atoms with E-state index >= 15 is 0 Å². The van der Waals surface area contributed by atoms with Crippen molar-refractivity contribution in [1.29, 1.82) is 0 Å². The van der Waals surface area contributed by atoms with E-state index in [0.29, 0.717) is 6.54 Å². The van der Waals surface area contributed by atoms with E-state index in [1.165, 1.54) is 0 Å². The number of amides is 1. The molecule has 20 heavy (non-hydrogen) atoms. The number of aldehydes is 1. The molecule has 2 rings (SSSR count). The summed E-state index contributed by atoms with van der Waals surface area (Å²) in [6.45, 7) is 5.93. The molecular weight excluding hydrogens is 254 g/mol. The Hall–Kier alpha value is -1.84. The monoisotopic (exact) mass is 275 g/mol. The maximum atomic E-state index is 11.6. The zero-order valence-electron chi connectivity index (χ0n) is 12.2. The van der Waals surface area contributed by atoms with Crippen molar-refractivity contribution in [3.8, 4) is 0 Å². The summed E-state index contributed by atoms with van der Waals surface area (Å²) in [5.74, 6) is 0.148. The predicted molar refractivity (Wildman–Crippen MR) is 76.5 cm³/mol. The quantitative estimate of drug-likeness (QED) is 0.859. The van der Waals surface area contributed by atoms with Crippen LogP contribution in [0.15, 0.2) is 30.3 Å². The molecular formula is C16H21NO3. The minimum Gasteiger partial charge on any atom is -0.444 e. The Balaban J connectivity index is 1.91. The van der Waals surface area contributed by atoms with Gasteiger partial charge in [0.05, 0.1) is 5.41 Å². The molecule has 4 nitrogen and oxygen atoms in total. The Kier molecular flexibility index (Phi) is 3.84. The lowest BCUT2D eigenvalue weighted by atomic mass is 9.95. The third-order valence-corrected chi connectivity index (χ3v) is 3.57. The number of hydrogen-bond donors (Lipinski definition) is 1. The second-order valence-corrected chi connectivity index (χ2v) is 6.31. The topological polar surface area (TPSA) is 55.4 Å². The average Bonchev–Trinajstić information content (AvgIpc) is 3.10. The van der Waals surface area contributed by atoms with Gasteiger partial charge in [-0.05, 0) is 38.7 Å². The van der Waals surface area contributed by atoms with Crippen LogP contribution in [-0.2, 0) is 14.9 Å². The first-order valence-corrected chi connectivity index (χ1v) is 6.86. The lowest BCUT2D eigenvalue weighted by Gasteiger charge is -2.20. The molecule has 0 radical (unpaired) electrons. The standard InChI is InChI=1S/C16H21NO3/c1-15(2,3)20-14(19)17-10-13-9-16(13,11-18)12-7-5-4-6-8-12/h4-8,11,13H,9-10H2,1-3H3,(H,17,19)/t13-,16+/m1/s1. The maximum absolute atomic E-state index is 11.6. The van der Waals surface area contributed by atoms with Crippen LogP contribution >= 0.6 is 0 Å². The molecule has 1 aliphatic rings. The summed E-state index contributed by atoms with van der Waals surface area (Å²) in [5, 5.41) is 2.74. The third kappa shape index (κ3) is 3.18. The molecule has 0 spiro atoms. The number of alkyl carbamates (subject to hydrolysis) is 1. The summed E-state index contributed by atoms with van der Waals surface area (Å²) in [6.07, 6.45) is 1.34. The zero-order chi connectivity index (χ0) is 14.8. The lowest BCUT2D eigenvalue weighted by Crippen LogP contribution is -2.34. The first-order valence-electron chi connectivity index (χ1n) is 6.86. The minimum atomic E-state index is -0.505. The molecule has 0 aromatic heterocycles. The molecule has 1 fully saturated rings. The summed E-state index contributed by atoms with van der Waals surface area (Å²) in [4.78, 5) is 23.0. The number of rotatable bonds is 4. The second-order valence-electron chi connectivity index (χ2n) is 6.31. The van der Waals surface area contributed by atoms with Gasteiger partial charge in [-0.25, -0.2) is 4.79 Å². The van der Waals surface area contributed by atoms with Gasteiger partial charge in [0, 0.05) is 6.54 Å². The summed E-state index contributed by atoms with van der Waals surface area (Å²) in [7, 11) is 0. The molecule has 1 amide bonds. The Morgan fingerprint density at radius 3 is 2.60 bits per heavy atom. The van der Waals surface area contributed by atoms with Crippen molar-refractivity contribution in [2.45, 2.75) is 38.2 Å². The van der Waals surface area contributed by atoms with Gasteiger partial charge in [-0.15, -0.1) is 0 Å². The highest BCUT2D eigenvalue weighted by Crippen LogP contribution is 2.52. The van der Waals surface area contributed by atoms with E-state index in [1.807, 2.05) is 51.1 Å². The molecule has 0 unspecified atom stereocenters. The molecule has 0 bridgehead atoms. The van der Waals surface area contributed by atoms with Crippen molar-refractivity contribution in [1.82, 2.24) is 5.32 Å². The van der Waals surface area contributed by atoms with Gasteiger partial charge >= 0.3 is 6.09 Å². The Morgan fingerprint density at radius 2 is 2.05 bits per heavy atom. The Morgan fingerprint density at radius 1 is 1.40 bits per heavy atom. The molecule has 0 saturated heterocycles. The largest absolute Gasteiger partial charge is 0.444 e. The van der Waals surface area contributed by atoms with Crippen molar-refractivity contribution in [2.24, 2.45) is 5.92 Å². The van der Waals surface area contributed by atoms with E-state index in [2.05, 4.69) is 5.32 Å². The molecule has 1 saturated carbocycles. The summed E-state index contributed by atoms with van der Waals surface area (Å²) in [6, 6.07) is 9.70. The van der Waals surface area contributed by atoms with Crippen LogP contribution in [0, 0.1) is 5.92 Å². The average molecular weight is 275 g/mol. The van der Waals surface area contributed by atoms with Crippen LogP contribution < -0.4 is 5.32 Å². The van der Waals surface area contributed by atoms with Gasteiger partial charge in [0.25, 0.3) is 0 Å². The van der Waals surface area contributed by atoms with Crippen LogP contribution in [0.2, 0.25) is 0 Å². The fourth-order valence-electron chi connectivity index (χ4n) is 2.44. The fraction of sp³-hybridized carbons (Fsp3) is 0.500. The summed E-state index contributed by atoms with van der Waals surface area (Å²) in [5.41, 5.74) is 0.0800. The van der Waals surface area contributed by atoms with Crippen LogP contribution in [0.3, 0.4) is 0 Å². The molecule has 0 aliphatic heterocycles. The molecule has 4 heteroatoms. The van der Waals surface area contributed by atoms with Gasteiger partial charge in [-0.3, -0.25) is 0 Å². The molecule has 1 N–H and O–H groups in total. The van der Waals surface area contributed by atoms with E-state index in [0.717, 1.165) is 18.3 Å². The first-order chi connectivity index (χ1) is 9.37. The van der Waals surface area contributed by atoms with Gasteiger partial charge in [-0.1, -0.05) is 30.3 Å². The van der Waals surface area contributed by atoms with Crippen LogP contribution in [0.5, 0.6) is 0 Å². The lowest BCUT2D eigenvalue weighted by molar-refractivity contribution is -0.110. The highest BCUT2D eigenvalue weighted by atomic mass is 16.6. The molecule has 108 valence electrons. The highest BCUT2D eigenvalue weighted by molar-refractivity contribution is 5.75. The number of hydrogen-bond acceptors (Lipinski definition) is 3. The number of ether oxygens (including phenoxy) is 1. The Labute approximate surface area is 119 Å². The third-order valence-electron chi connectivity index (χ3n) is 3.57. The first kappa shape index (κ1) is 14.6. The van der Waals surface area contributed by atoms with Gasteiger partial charge in [0.15, 0.2) is 0 Å². The summed E-state index contributed by atoms with van der Waals surface area (Å²) < 4.78 is 5.19. The highest BCUT2D eigenvalue weighted by Gasteiger charge is 2.55. The van der Waals surface area contributed by atoms with Crippen molar-refractivity contribution in [2.75, 3.05) is 6.54 Å². The van der Waals surface area contributed by atoms with Gasteiger partial charge in [-0.2, -0.15) is 0 Å². The van der Waals surface area contributed by atoms with Crippen molar-refractivity contribution in [3.63, 3.8) is 0 Å². The molecule has 1 aromatic rings. The van der Waals surface area contributed by atoms with Crippen LogP contribution in [-0.4, -0.2) is 24.5 Å². The fourth-order valence-corrected chi connectivity index (χ4v) is 2.44. The van der Waals surface area contributed by atoms with Gasteiger partial charge < -0.3 is 14.8 Å². The van der Waals surface area contributed by atoms with E-state index in [4.69, 9.17) is 4.74 Å². The SMILES string of the molecule is CC(C)(C)OC(=O)NC[C@H]1C[C@]1(C=O)c1ccccc1. The van der Waals surface area contributed by atoms with Crippen LogP contribution in [0.25, 0.3) is 0 Å². The number of nitrogens with one attached hydrogen (secondary N) is 1.